The Morgan fingerprint density at radius 2 is 2.11 bits per heavy atom. The monoisotopic (exact) mass is 299 g/mol. The Hall–Kier alpha value is -0.870. The van der Waals surface area contributed by atoms with Crippen molar-refractivity contribution in [2.24, 2.45) is 0 Å². The highest BCUT2D eigenvalue weighted by Crippen LogP contribution is 2.25. The van der Waals surface area contributed by atoms with E-state index in [2.05, 4.69) is 28.3 Å². The maximum absolute atomic E-state index is 6.19. The summed E-state index contributed by atoms with van der Waals surface area (Å²) in [4.78, 5) is 6.72. The van der Waals surface area contributed by atoms with Crippen molar-refractivity contribution in [2.45, 2.75) is 6.54 Å². The van der Waals surface area contributed by atoms with E-state index in [4.69, 9.17) is 11.6 Å². The van der Waals surface area contributed by atoms with Crippen molar-refractivity contribution >= 4 is 34.9 Å². The Morgan fingerprint density at radius 1 is 1.32 bits per heavy atom. The van der Waals surface area contributed by atoms with Crippen molar-refractivity contribution in [1.29, 1.82) is 0 Å². The lowest BCUT2D eigenvalue weighted by Crippen LogP contribution is -2.27. The normalized spacial score (nSPS) is 10.7. The molecule has 0 unspecified atom stereocenters. The topological polar surface area (TPSA) is 28.2 Å². The minimum absolute atomic E-state index is 0. The molecular formula is C14H19Cl2N3. The molecule has 1 aromatic heterocycles. The van der Waals surface area contributed by atoms with E-state index in [1.54, 1.807) is 0 Å². The standard InChI is InChI=1S/C14H18ClN3.ClH/c1-16-8-9-18(2)10-11-5-6-13(15)12-4-3-7-17-14(11)12;/h3-7,16H,8-10H2,1-2H3;1H. The molecule has 0 saturated carbocycles. The first-order chi connectivity index (χ1) is 8.72. The summed E-state index contributed by atoms with van der Waals surface area (Å²) >= 11 is 6.19. The Bertz CT molecular complexity index is 531. The zero-order valence-corrected chi connectivity index (χ0v) is 12.8. The van der Waals surface area contributed by atoms with Gasteiger partial charge in [-0.1, -0.05) is 17.7 Å². The van der Waals surface area contributed by atoms with Gasteiger partial charge in [-0.15, -0.1) is 12.4 Å². The van der Waals surface area contributed by atoms with Gasteiger partial charge in [0.1, 0.15) is 0 Å². The van der Waals surface area contributed by atoms with Crippen LogP contribution in [0.4, 0.5) is 0 Å². The number of aromatic nitrogens is 1. The number of hydrogen-bond donors (Lipinski definition) is 1. The van der Waals surface area contributed by atoms with E-state index in [-0.39, 0.29) is 12.4 Å². The number of nitrogens with one attached hydrogen (secondary N) is 1. The molecule has 0 bridgehead atoms. The van der Waals surface area contributed by atoms with Gasteiger partial charge in [-0.25, -0.2) is 0 Å². The molecule has 104 valence electrons. The van der Waals surface area contributed by atoms with Crippen LogP contribution in [0.15, 0.2) is 30.5 Å². The highest BCUT2D eigenvalue weighted by Gasteiger charge is 2.07. The van der Waals surface area contributed by atoms with Gasteiger partial charge in [0.25, 0.3) is 0 Å². The Balaban J connectivity index is 0.00000180. The van der Waals surface area contributed by atoms with Crippen molar-refractivity contribution < 1.29 is 0 Å². The molecule has 5 heteroatoms. The van der Waals surface area contributed by atoms with Gasteiger partial charge in [-0.05, 0) is 37.9 Å². The zero-order valence-electron chi connectivity index (χ0n) is 11.2. The second-order valence-corrected chi connectivity index (χ2v) is 4.85. The fraction of sp³-hybridized carbons (Fsp3) is 0.357. The van der Waals surface area contributed by atoms with Crippen molar-refractivity contribution in [3.8, 4) is 0 Å². The SMILES string of the molecule is CNCCN(C)Cc1ccc(Cl)c2cccnc12.Cl. The molecule has 2 aromatic rings. The molecule has 0 spiro atoms. The molecule has 1 aromatic carbocycles. The summed E-state index contributed by atoms with van der Waals surface area (Å²) in [5, 5.41) is 4.94. The molecule has 0 aliphatic carbocycles. The summed E-state index contributed by atoms with van der Waals surface area (Å²) in [5.41, 5.74) is 2.22. The average Bonchev–Trinajstić information content (AvgIpc) is 2.40. The van der Waals surface area contributed by atoms with Crippen LogP contribution in [-0.2, 0) is 6.54 Å². The van der Waals surface area contributed by atoms with E-state index < -0.39 is 0 Å². The molecular weight excluding hydrogens is 281 g/mol. The fourth-order valence-corrected chi connectivity index (χ4v) is 2.21. The van der Waals surface area contributed by atoms with Crippen LogP contribution in [0, 0.1) is 0 Å². The predicted molar refractivity (Wildman–Crippen MR) is 84.3 cm³/mol. The molecule has 1 N–H and O–H groups in total. The van der Waals surface area contributed by atoms with Gasteiger partial charge in [-0.3, -0.25) is 4.98 Å². The molecule has 2 rings (SSSR count). The summed E-state index contributed by atoms with van der Waals surface area (Å²) in [6.45, 7) is 2.87. The highest BCUT2D eigenvalue weighted by atomic mass is 35.5. The number of pyridine rings is 1. The van der Waals surface area contributed by atoms with Gasteiger partial charge in [0.2, 0.25) is 0 Å². The van der Waals surface area contributed by atoms with Crippen LogP contribution in [0.3, 0.4) is 0 Å². The quantitative estimate of drug-likeness (QED) is 0.920. The molecule has 19 heavy (non-hydrogen) atoms. The number of benzene rings is 1. The molecule has 1 heterocycles. The van der Waals surface area contributed by atoms with Crippen molar-refractivity contribution in [3.05, 3.63) is 41.0 Å². The van der Waals surface area contributed by atoms with Crippen molar-refractivity contribution in [1.82, 2.24) is 15.2 Å². The third kappa shape index (κ3) is 4.05. The van der Waals surface area contributed by atoms with Gasteiger partial charge in [0, 0.05) is 36.2 Å². The molecule has 0 fully saturated rings. The molecule has 0 aliphatic rings. The van der Waals surface area contributed by atoms with E-state index in [0.29, 0.717) is 0 Å². The van der Waals surface area contributed by atoms with E-state index in [9.17, 15) is 0 Å². The second-order valence-electron chi connectivity index (χ2n) is 4.45. The third-order valence-corrected chi connectivity index (χ3v) is 3.31. The average molecular weight is 300 g/mol. The van der Waals surface area contributed by atoms with Gasteiger partial charge in [-0.2, -0.15) is 0 Å². The Morgan fingerprint density at radius 3 is 2.84 bits per heavy atom. The minimum atomic E-state index is 0. The number of fused-ring (bicyclic) bond motifs is 1. The van der Waals surface area contributed by atoms with E-state index >= 15 is 0 Å². The maximum atomic E-state index is 6.19. The maximum Gasteiger partial charge on any atom is 0.0761 e. The van der Waals surface area contributed by atoms with Crippen LogP contribution in [0.25, 0.3) is 10.9 Å². The highest BCUT2D eigenvalue weighted by molar-refractivity contribution is 6.35. The smallest absolute Gasteiger partial charge is 0.0761 e. The van der Waals surface area contributed by atoms with Gasteiger partial charge in [0.15, 0.2) is 0 Å². The first kappa shape index (κ1) is 16.2. The molecule has 3 nitrogen and oxygen atoms in total. The largest absolute Gasteiger partial charge is 0.318 e. The first-order valence-electron chi connectivity index (χ1n) is 6.07. The lowest BCUT2D eigenvalue weighted by molar-refractivity contribution is 0.329. The number of hydrogen-bond acceptors (Lipinski definition) is 3. The summed E-state index contributed by atoms with van der Waals surface area (Å²) in [6, 6.07) is 7.95. The summed E-state index contributed by atoms with van der Waals surface area (Å²) < 4.78 is 0. The predicted octanol–water partition coefficient (Wildman–Crippen LogP) is 2.96. The number of likely N-dealkylation sites (N-methyl/N-ethyl adjacent to an activating group) is 2. The van der Waals surface area contributed by atoms with Crippen LogP contribution in [0.1, 0.15) is 5.56 Å². The molecule has 0 amide bonds. The number of halogens is 2. The lowest BCUT2D eigenvalue weighted by Gasteiger charge is -2.17. The zero-order chi connectivity index (χ0) is 13.0. The Labute approximate surface area is 125 Å². The molecule has 0 atom stereocenters. The minimum Gasteiger partial charge on any atom is -0.318 e. The van der Waals surface area contributed by atoms with E-state index in [0.717, 1.165) is 35.6 Å². The molecule has 0 aliphatic heterocycles. The van der Waals surface area contributed by atoms with Crippen molar-refractivity contribution in [2.75, 3.05) is 27.2 Å². The second kappa shape index (κ2) is 7.65. The molecule has 0 saturated heterocycles. The first-order valence-corrected chi connectivity index (χ1v) is 6.45. The van der Waals surface area contributed by atoms with Crippen LogP contribution in [0.2, 0.25) is 5.02 Å². The van der Waals surface area contributed by atoms with Crippen molar-refractivity contribution in [3.63, 3.8) is 0 Å². The number of rotatable bonds is 5. The third-order valence-electron chi connectivity index (χ3n) is 2.98. The lowest BCUT2D eigenvalue weighted by atomic mass is 10.1. The van der Waals surface area contributed by atoms with Crippen LogP contribution in [0.5, 0.6) is 0 Å². The summed E-state index contributed by atoms with van der Waals surface area (Å²) in [6.07, 6.45) is 1.82. The van der Waals surface area contributed by atoms with Crippen LogP contribution >= 0.6 is 24.0 Å². The van der Waals surface area contributed by atoms with Gasteiger partial charge < -0.3 is 10.2 Å². The van der Waals surface area contributed by atoms with E-state index in [1.165, 1.54) is 5.56 Å². The summed E-state index contributed by atoms with van der Waals surface area (Å²) in [5.74, 6) is 0. The fourth-order valence-electron chi connectivity index (χ4n) is 2.00. The van der Waals surface area contributed by atoms with Gasteiger partial charge in [0.05, 0.1) is 5.52 Å². The molecule has 0 radical (unpaired) electrons. The van der Waals surface area contributed by atoms with Gasteiger partial charge >= 0.3 is 0 Å². The van der Waals surface area contributed by atoms with E-state index in [1.807, 2.05) is 31.4 Å². The Kier molecular flexibility index (Phi) is 6.52. The van der Waals surface area contributed by atoms with Crippen LogP contribution < -0.4 is 5.32 Å². The van der Waals surface area contributed by atoms with Crippen LogP contribution in [-0.4, -0.2) is 37.1 Å². The summed E-state index contributed by atoms with van der Waals surface area (Å²) in [7, 11) is 4.08. The number of nitrogens with zero attached hydrogens (tertiary/aromatic N) is 2.